The molecule has 1 saturated heterocycles. The second-order valence-corrected chi connectivity index (χ2v) is 6.34. The van der Waals surface area contributed by atoms with Crippen LogP contribution in [0.1, 0.15) is 19.8 Å². The Labute approximate surface area is 122 Å². The highest BCUT2D eigenvalue weighted by Crippen LogP contribution is 2.31. The number of nitrogens with one attached hydrogen (secondary N) is 1. The zero-order valence-electron chi connectivity index (χ0n) is 11.6. The van der Waals surface area contributed by atoms with Gasteiger partial charge in [0.25, 0.3) is 0 Å². The summed E-state index contributed by atoms with van der Waals surface area (Å²) in [6, 6.07) is 8.29. The molecule has 106 valence electrons. The molecule has 1 aliphatic heterocycles. The molecular weight excluding hydrogens is 270 g/mol. The Morgan fingerprint density at radius 2 is 2.15 bits per heavy atom. The first-order valence-electron chi connectivity index (χ1n) is 7.07. The number of rotatable bonds is 3. The molecule has 2 heterocycles. The molecule has 4 nitrogen and oxygen atoms in total. The van der Waals surface area contributed by atoms with Crippen LogP contribution in [0.15, 0.2) is 24.3 Å². The van der Waals surface area contributed by atoms with Crippen molar-refractivity contribution in [3.63, 3.8) is 0 Å². The molecule has 0 aliphatic carbocycles. The van der Waals surface area contributed by atoms with E-state index in [2.05, 4.69) is 28.4 Å². The normalized spacial score (nSPS) is 16.6. The van der Waals surface area contributed by atoms with Crippen LogP contribution in [-0.4, -0.2) is 30.5 Å². The van der Waals surface area contributed by atoms with Crippen molar-refractivity contribution in [2.75, 3.05) is 24.5 Å². The smallest absolute Gasteiger partial charge is 0.216 e. The van der Waals surface area contributed by atoms with Crippen LogP contribution < -0.4 is 10.2 Å². The van der Waals surface area contributed by atoms with E-state index in [0.29, 0.717) is 5.92 Å². The van der Waals surface area contributed by atoms with E-state index >= 15 is 0 Å². The summed E-state index contributed by atoms with van der Waals surface area (Å²) in [6.45, 7) is 4.45. The predicted molar refractivity (Wildman–Crippen MR) is 83.2 cm³/mol. The number of nitrogens with zero attached hydrogens (tertiary/aromatic N) is 2. The molecule has 1 N–H and O–H groups in total. The fourth-order valence-electron chi connectivity index (χ4n) is 2.61. The van der Waals surface area contributed by atoms with E-state index in [1.807, 2.05) is 6.07 Å². The number of para-hydroxylation sites is 1. The van der Waals surface area contributed by atoms with Crippen molar-refractivity contribution in [3.8, 4) is 0 Å². The maximum Gasteiger partial charge on any atom is 0.216 e. The first-order chi connectivity index (χ1) is 9.72. The molecule has 1 aliphatic rings. The van der Waals surface area contributed by atoms with Crippen molar-refractivity contribution in [2.24, 2.45) is 5.92 Å². The summed E-state index contributed by atoms with van der Waals surface area (Å²) in [5, 5.41) is 4.05. The lowest BCUT2D eigenvalue weighted by Gasteiger charge is -2.31. The molecule has 0 radical (unpaired) electrons. The van der Waals surface area contributed by atoms with Crippen molar-refractivity contribution in [1.29, 1.82) is 0 Å². The number of amides is 1. The zero-order valence-corrected chi connectivity index (χ0v) is 12.4. The fourth-order valence-corrected chi connectivity index (χ4v) is 3.63. The first-order valence-corrected chi connectivity index (χ1v) is 7.89. The zero-order chi connectivity index (χ0) is 13.9. The maximum absolute atomic E-state index is 10.9. The number of carbonyl (C=O) groups is 1. The van der Waals surface area contributed by atoms with Gasteiger partial charge < -0.3 is 10.2 Å². The van der Waals surface area contributed by atoms with Gasteiger partial charge in [-0.15, -0.1) is 0 Å². The summed E-state index contributed by atoms with van der Waals surface area (Å²) in [5.41, 5.74) is 1.09. The van der Waals surface area contributed by atoms with Crippen LogP contribution in [0.3, 0.4) is 0 Å². The summed E-state index contributed by atoms with van der Waals surface area (Å²) in [6.07, 6.45) is 2.24. The van der Waals surface area contributed by atoms with Crippen LogP contribution in [0.5, 0.6) is 0 Å². The third-order valence-electron chi connectivity index (χ3n) is 3.81. The molecule has 2 aromatic rings. The van der Waals surface area contributed by atoms with Gasteiger partial charge in [-0.05, 0) is 30.9 Å². The van der Waals surface area contributed by atoms with Crippen LogP contribution in [0.4, 0.5) is 5.13 Å². The van der Waals surface area contributed by atoms with Gasteiger partial charge in [0.1, 0.15) is 0 Å². The minimum absolute atomic E-state index is 0.0682. The molecule has 0 unspecified atom stereocenters. The van der Waals surface area contributed by atoms with Gasteiger partial charge in [0, 0.05) is 26.6 Å². The van der Waals surface area contributed by atoms with Gasteiger partial charge in [-0.1, -0.05) is 23.5 Å². The average molecular weight is 289 g/mol. The quantitative estimate of drug-likeness (QED) is 0.945. The number of fused-ring (bicyclic) bond motifs is 1. The van der Waals surface area contributed by atoms with Gasteiger partial charge in [0.05, 0.1) is 10.2 Å². The van der Waals surface area contributed by atoms with E-state index in [9.17, 15) is 4.79 Å². The number of hydrogen-bond acceptors (Lipinski definition) is 4. The van der Waals surface area contributed by atoms with Crippen LogP contribution in [0, 0.1) is 5.92 Å². The maximum atomic E-state index is 10.9. The molecule has 1 fully saturated rings. The number of carbonyl (C=O) groups excluding carboxylic acids is 1. The highest BCUT2D eigenvalue weighted by atomic mass is 32.1. The Kier molecular flexibility index (Phi) is 3.87. The van der Waals surface area contributed by atoms with Gasteiger partial charge in [-0.3, -0.25) is 4.79 Å². The van der Waals surface area contributed by atoms with Gasteiger partial charge in [0.2, 0.25) is 5.91 Å². The highest BCUT2D eigenvalue weighted by Gasteiger charge is 2.21. The summed E-state index contributed by atoms with van der Waals surface area (Å²) in [4.78, 5) is 18.0. The Bertz CT molecular complexity index is 569. The lowest BCUT2D eigenvalue weighted by molar-refractivity contribution is -0.119. The number of anilines is 1. The molecule has 0 spiro atoms. The Morgan fingerprint density at radius 1 is 1.40 bits per heavy atom. The monoisotopic (exact) mass is 289 g/mol. The summed E-state index contributed by atoms with van der Waals surface area (Å²) in [5.74, 6) is 0.670. The van der Waals surface area contributed by atoms with Gasteiger partial charge >= 0.3 is 0 Å². The number of piperidine rings is 1. The fraction of sp³-hybridized carbons (Fsp3) is 0.467. The van der Waals surface area contributed by atoms with Gasteiger partial charge in [-0.25, -0.2) is 4.98 Å². The lowest BCUT2D eigenvalue weighted by atomic mass is 9.97. The van der Waals surface area contributed by atoms with Crippen molar-refractivity contribution in [3.05, 3.63) is 24.3 Å². The predicted octanol–water partition coefficient (Wildman–Crippen LogP) is 2.65. The molecule has 1 aromatic carbocycles. The van der Waals surface area contributed by atoms with Crippen LogP contribution in [-0.2, 0) is 4.79 Å². The van der Waals surface area contributed by atoms with E-state index in [1.54, 1.807) is 18.3 Å². The minimum Gasteiger partial charge on any atom is -0.356 e. The highest BCUT2D eigenvalue weighted by molar-refractivity contribution is 7.22. The largest absolute Gasteiger partial charge is 0.356 e. The van der Waals surface area contributed by atoms with E-state index in [4.69, 9.17) is 4.98 Å². The van der Waals surface area contributed by atoms with Crippen molar-refractivity contribution < 1.29 is 4.79 Å². The molecule has 0 atom stereocenters. The second-order valence-electron chi connectivity index (χ2n) is 5.33. The summed E-state index contributed by atoms with van der Waals surface area (Å²) < 4.78 is 1.25. The van der Waals surface area contributed by atoms with Crippen LogP contribution in [0.2, 0.25) is 0 Å². The topological polar surface area (TPSA) is 45.2 Å². The molecule has 1 aromatic heterocycles. The summed E-state index contributed by atoms with van der Waals surface area (Å²) >= 11 is 1.77. The average Bonchev–Trinajstić information content (AvgIpc) is 2.89. The number of thiazole rings is 1. The standard InChI is InChI=1S/C15H19N3OS/c1-11(19)16-10-12-6-8-18(9-7-12)15-17-13-4-2-3-5-14(13)20-15/h2-5,12H,6-10H2,1H3,(H,16,19). The Morgan fingerprint density at radius 3 is 2.85 bits per heavy atom. The van der Waals surface area contributed by atoms with E-state index in [1.165, 1.54) is 4.70 Å². The minimum atomic E-state index is 0.0682. The molecule has 3 rings (SSSR count). The van der Waals surface area contributed by atoms with Crippen LogP contribution in [0.25, 0.3) is 10.2 Å². The first kappa shape index (κ1) is 13.4. The Balaban J connectivity index is 1.61. The summed E-state index contributed by atoms with van der Waals surface area (Å²) in [7, 11) is 0. The third kappa shape index (κ3) is 2.93. The molecule has 1 amide bonds. The molecular formula is C15H19N3OS. The molecule has 0 bridgehead atoms. The number of hydrogen-bond donors (Lipinski definition) is 1. The van der Waals surface area contributed by atoms with Crippen molar-refractivity contribution in [1.82, 2.24) is 10.3 Å². The molecule has 5 heteroatoms. The SMILES string of the molecule is CC(=O)NCC1CCN(c2nc3ccccc3s2)CC1. The van der Waals surface area contributed by atoms with E-state index in [0.717, 1.165) is 43.1 Å². The van der Waals surface area contributed by atoms with E-state index in [-0.39, 0.29) is 5.91 Å². The van der Waals surface area contributed by atoms with Crippen molar-refractivity contribution >= 4 is 32.6 Å². The molecule has 20 heavy (non-hydrogen) atoms. The Hall–Kier alpha value is -1.62. The van der Waals surface area contributed by atoms with Gasteiger partial charge in [-0.2, -0.15) is 0 Å². The molecule has 0 saturated carbocycles. The number of benzene rings is 1. The second kappa shape index (κ2) is 5.79. The van der Waals surface area contributed by atoms with Crippen LogP contribution >= 0.6 is 11.3 Å². The van der Waals surface area contributed by atoms with E-state index < -0.39 is 0 Å². The van der Waals surface area contributed by atoms with Gasteiger partial charge in [0.15, 0.2) is 5.13 Å². The lowest BCUT2D eigenvalue weighted by Crippen LogP contribution is -2.38. The van der Waals surface area contributed by atoms with Crippen molar-refractivity contribution in [2.45, 2.75) is 19.8 Å². The number of aromatic nitrogens is 1. The third-order valence-corrected chi connectivity index (χ3v) is 4.90.